The highest BCUT2D eigenvalue weighted by Crippen LogP contribution is 2.08. The second-order valence-corrected chi connectivity index (χ2v) is 4.98. The largest absolute Gasteiger partial charge is 0.493 e. The Labute approximate surface area is 139 Å². The van der Waals surface area contributed by atoms with Gasteiger partial charge in [0, 0.05) is 6.54 Å². The number of amides is 1. The third-order valence-electron chi connectivity index (χ3n) is 3.09. The summed E-state index contributed by atoms with van der Waals surface area (Å²) in [6, 6.07) is 14.9. The summed E-state index contributed by atoms with van der Waals surface area (Å²) < 4.78 is 23.0. The normalized spacial score (nSPS) is 10.0. The molecule has 126 valence electrons. The van der Waals surface area contributed by atoms with Crippen LogP contribution < -0.4 is 10.1 Å². The maximum atomic E-state index is 12.8. The summed E-state index contributed by atoms with van der Waals surface area (Å²) in [5.74, 6) is -0.599. The average molecular weight is 331 g/mol. The minimum Gasteiger partial charge on any atom is -0.493 e. The Balaban J connectivity index is 1.59. The number of rotatable bonds is 8. The molecule has 2 aromatic carbocycles. The molecular formula is C18H18FNO4. The van der Waals surface area contributed by atoms with Crippen molar-refractivity contribution in [3.8, 4) is 5.75 Å². The Hall–Kier alpha value is -2.89. The van der Waals surface area contributed by atoms with Crippen molar-refractivity contribution >= 4 is 11.9 Å². The summed E-state index contributed by atoms with van der Waals surface area (Å²) in [5.41, 5.74) is 0.757. The third kappa shape index (κ3) is 6.48. The van der Waals surface area contributed by atoms with Crippen molar-refractivity contribution in [3.05, 3.63) is 66.0 Å². The van der Waals surface area contributed by atoms with Crippen molar-refractivity contribution in [1.82, 2.24) is 5.32 Å². The molecule has 0 fully saturated rings. The first kappa shape index (κ1) is 17.5. The quantitative estimate of drug-likeness (QED) is 0.755. The topological polar surface area (TPSA) is 64.6 Å². The van der Waals surface area contributed by atoms with Crippen LogP contribution in [0.4, 0.5) is 4.39 Å². The molecule has 0 unspecified atom stereocenters. The predicted octanol–water partition coefficient (Wildman–Crippen LogP) is 2.45. The van der Waals surface area contributed by atoms with E-state index in [1.807, 2.05) is 18.2 Å². The summed E-state index contributed by atoms with van der Waals surface area (Å²) in [7, 11) is 0. The summed E-state index contributed by atoms with van der Waals surface area (Å²) in [5, 5.41) is 2.59. The van der Waals surface area contributed by atoms with E-state index >= 15 is 0 Å². The van der Waals surface area contributed by atoms with Crippen LogP contribution in [0.25, 0.3) is 0 Å². The van der Waals surface area contributed by atoms with E-state index in [4.69, 9.17) is 9.47 Å². The number of hydrogen-bond acceptors (Lipinski definition) is 4. The van der Waals surface area contributed by atoms with Gasteiger partial charge in [0.1, 0.15) is 11.6 Å². The van der Waals surface area contributed by atoms with E-state index in [0.717, 1.165) is 5.56 Å². The van der Waals surface area contributed by atoms with Crippen LogP contribution >= 0.6 is 0 Å². The van der Waals surface area contributed by atoms with Gasteiger partial charge in [-0.2, -0.15) is 0 Å². The summed E-state index contributed by atoms with van der Waals surface area (Å²) in [4.78, 5) is 23.1. The lowest BCUT2D eigenvalue weighted by Gasteiger charge is -2.08. The van der Waals surface area contributed by atoms with Gasteiger partial charge in [-0.1, -0.05) is 30.3 Å². The molecule has 1 N–H and O–H groups in total. The smallest absolute Gasteiger partial charge is 0.309 e. The minimum absolute atomic E-state index is 0.0557. The predicted molar refractivity (Wildman–Crippen MR) is 85.8 cm³/mol. The molecule has 0 aliphatic rings. The maximum absolute atomic E-state index is 12.8. The van der Waals surface area contributed by atoms with Crippen LogP contribution in [0.3, 0.4) is 0 Å². The zero-order valence-electron chi connectivity index (χ0n) is 13.0. The molecule has 0 bridgehead atoms. The molecule has 24 heavy (non-hydrogen) atoms. The number of nitrogens with one attached hydrogen (secondary N) is 1. The second-order valence-electron chi connectivity index (χ2n) is 4.98. The molecule has 2 rings (SSSR count). The van der Waals surface area contributed by atoms with Gasteiger partial charge in [0.25, 0.3) is 5.91 Å². The zero-order valence-corrected chi connectivity index (χ0v) is 13.0. The van der Waals surface area contributed by atoms with Crippen molar-refractivity contribution in [1.29, 1.82) is 0 Å². The van der Waals surface area contributed by atoms with Crippen LogP contribution in [-0.2, 0) is 20.9 Å². The molecule has 2 aromatic rings. The minimum atomic E-state index is -0.511. The molecule has 0 aliphatic heterocycles. The van der Waals surface area contributed by atoms with Crippen LogP contribution in [0.15, 0.2) is 54.6 Å². The molecule has 1 amide bonds. The third-order valence-corrected chi connectivity index (χ3v) is 3.09. The highest BCUT2D eigenvalue weighted by atomic mass is 19.1. The van der Waals surface area contributed by atoms with Gasteiger partial charge in [-0.3, -0.25) is 9.59 Å². The van der Waals surface area contributed by atoms with Crippen LogP contribution in [0.5, 0.6) is 5.75 Å². The first-order chi connectivity index (χ1) is 11.6. The van der Waals surface area contributed by atoms with Gasteiger partial charge in [0.2, 0.25) is 0 Å². The van der Waals surface area contributed by atoms with Gasteiger partial charge < -0.3 is 14.8 Å². The molecule has 0 saturated heterocycles. The lowest BCUT2D eigenvalue weighted by Crippen LogP contribution is -2.28. The Kier molecular flexibility index (Phi) is 6.76. The fourth-order valence-corrected chi connectivity index (χ4v) is 1.84. The van der Waals surface area contributed by atoms with Gasteiger partial charge in [0.05, 0.1) is 13.0 Å². The van der Waals surface area contributed by atoms with Crippen molar-refractivity contribution in [3.63, 3.8) is 0 Å². The number of carbonyl (C=O) groups excluding carboxylic acids is 2. The number of carbonyl (C=O) groups is 2. The lowest BCUT2D eigenvalue weighted by molar-refractivity contribution is -0.149. The Morgan fingerprint density at radius 1 is 1.00 bits per heavy atom. The Morgan fingerprint density at radius 3 is 2.42 bits per heavy atom. The second kappa shape index (κ2) is 9.29. The summed E-state index contributed by atoms with van der Waals surface area (Å²) in [6.07, 6.45) is 0.0557. The Morgan fingerprint density at radius 2 is 1.71 bits per heavy atom. The number of para-hydroxylation sites is 1. The van der Waals surface area contributed by atoms with Crippen molar-refractivity contribution in [2.75, 3.05) is 13.2 Å². The summed E-state index contributed by atoms with van der Waals surface area (Å²) in [6.45, 7) is 0.0686. The fourth-order valence-electron chi connectivity index (χ4n) is 1.84. The summed E-state index contributed by atoms with van der Waals surface area (Å²) >= 11 is 0. The molecule has 0 atom stereocenters. The van der Waals surface area contributed by atoms with E-state index in [-0.39, 0.29) is 32.0 Å². The molecule has 0 aliphatic carbocycles. The van der Waals surface area contributed by atoms with Gasteiger partial charge >= 0.3 is 5.97 Å². The van der Waals surface area contributed by atoms with Crippen LogP contribution in [-0.4, -0.2) is 25.1 Å². The van der Waals surface area contributed by atoms with Crippen molar-refractivity contribution < 1.29 is 23.5 Å². The van der Waals surface area contributed by atoms with Gasteiger partial charge in [0.15, 0.2) is 6.61 Å². The van der Waals surface area contributed by atoms with Gasteiger partial charge in [-0.05, 0) is 29.8 Å². The SMILES string of the molecule is O=C(COC(=O)CCOc1ccccc1)NCc1ccc(F)cc1. The monoisotopic (exact) mass is 331 g/mol. The molecule has 6 heteroatoms. The van der Waals surface area contributed by atoms with Gasteiger partial charge in [-0.15, -0.1) is 0 Å². The van der Waals surface area contributed by atoms with Crippen LogP contribution in [0.2, 0.25) is 0 Å². The number of halogens is 1. The highest BCUT2D eigenvalue weighted by molar-refractivity contribution is 5.80. The van der Waals surface area contributed by atoms with Crippen molar-refractivity contribution in [2.24, 2.45) is 0 Å². The van der Waals surface area contributed by atoms with E-state index in [1.165, 1.54) is 12.1 Å². The molecule has 0 saturated carbocycles. The van der Waals surface area contributed by atoms with E-state index < -0.39 is 11.9 Å². The lowest BCUT2D eigenvalue weighted by atomic mass is 10.2. The first-order valence-corrected chi connectivity index (χ1v) is 7.48. The van der Waals surface area contributed by atoms with Crippen LogP contribution in [0.1, 0.15) is 12.0 Å². The number of hydrogen-bond donors (Lipinski definition) is 1. The Bertz CT molecular complexity index is 658. The van der Waals surface area contributed by atoms with E-state index in [1.54, 1.807) is 24.3 Å². The molecule has 0 spiro atoms. The standard InChI is InChI=1S/C18H18FNO4/c19-15-8-6-14(7-9-15)12-20-17(21)13-24-18(22)10-11-23-16-4-2-1-3-5-16/h1-9H,10-13H2,(H,20,21). The maximum Gasteiger partial charge on any atom is 0.309 e. The zero-order chi connectivity index (χ0) is 17.2. The van der Waals surface area contributed by atoms with Crippen molar-refractivity contribution in [2.45, 2.75) is 13.0 Å². The van der Waals surface area contributed by atoms with Gasteiger partial charge in [-0.25, -0.2) is 4.39 Å². The number of ether oxygens (including phenoxy) is 2. The first-order valence-electron chi connectivity index (χ1n) is 7.48. The van der Waals surface area contributed by atoms with E-state index in [9.17, 15) is 14.0 Å². The molecular weight excluding hydrogens is 313 g/mol. The molecule has 5 nitrogen and oxygen atoms in total. The van der Waals surface area contributed by atoms with Crippen LogP contribution in [0, 0.1) is 5.82 Å². The average Bonchev–Trinajstić information content (AvgIpc) is 2.60. The highest BCUT2D eigenvalue weighted by Gasteiger charge is 2.08. The number of benzene rings is 2. The molecule has 0 heterocycles. The molecule has 0 radical (unpaired) electrons. The molecule has 0 aromatic heterocycles. The van der Waals surface area contributed by atoms with E-state index in [0.29, 0.717) is 5.75 Å². The van der Waals surface area contributed by atoms with E-state index in [2.05, 4.69) is 5.32 Å². The number of esters is 1. The fraction of sp³-hybridized carbons (Fsp3) is 0.222.